The normalized spacial score (nSPS) is 50.9. The topological polar surface area (TPSA) is 18.5 Å². The van der Waals surface area contributed by atoms with Crippen LogP contribution in [0.25, 0.3) is 0 Å². The maximum Gasteiger partial charge on any atom is 0.163 e. The van der Waals surface area contributed by atoms with Crippen LogP contribution in [0, 0.1) is 11.8 Å². The van der Waals surface area contributed by atoms with Gasteiger partial charge in [-0.05, 0) is 26.7 Å². The molecule has 72 valence electrons. The zero-order valence-electron chi connectivity index (χ0n) is 8.19. The minimum atomic E-state index is -0.359. The van der Waals surface area contributed by atoms with Gasteiger partial charge in [0.25, 0.3) is 0 Å². The first-order valence-corrected chi connectivity index (χ1v) is 5.20. The van der Waals surface area contributed by atoms with E-state index in [4.69, 9.17) is 9.47 Å². The third kappa shape index (κ3) is 1.09. The van der Waals surface area contributed by atoms with Crippen LogP contribution < -0.4 is 0 Å². The number of fused-ring (bicyclic) bond motifs is 1. The molecule has 0 aromatic carbocycles. The van der Waals surface area contributed by atoms with Crippen molar-refractivity contribution in [1.29, 1.82) is 0 Å². The van der Waals surface area contributed by atoms with E-state index < -0.39 is 0 Å². The average Bonchev–Trinajstić information content (AvgIpc) is 2.43. The molecule has 0 aromatic heterocycles. The lowest BCUT2D eigenvalue weighted by Crippen LogP contribution is -2.42. The molecule has 1 saturated carbocycles. The van der Waals surface area contributed by atoms with E-state index in [1.807, 2.05) is 13.8 Å². The molecule has 2 bridgehead atoms. The van der Waals surface area contributed by atoms with E-state index in [2.05, 4.69) is 12.2 Å². The molecule has 0 unspecified atom stereocenters. The van der Waals surface area contributed by atoms with Gasteiger partial charge in [0.1, 0.15) is 0 Å². The number of hydrogen-bond donors (Lipinski definition) is 0. The Bertz CT molecular complexity index is 233. The zero-order chi connectivity index (χ0) is 9.05. The SMILES string of the molecule is CC1(C)O[C@@H]2[C@H](O1)[C@H]1C=C[C@@H]2CC1. The number of ether oxygens (including phenoxy) is 2. The van der Waals surface area contributed by atoms with Gasteiger partial charge in [-0.2, -0.15) is 0 Å². The second-order valence-electron chi connectivity index (χ2n) is 4.85. The molecule has 0 N–H and O–H groups in total. The van der Waals surface area contributed by atoms with Crippen molar-refractivity contribution in [3.8, 4) is 0 Å². The smallest absolute Gasteiger partial charge is 0.163 e. The molecule has 0 amide bonds. The highest BCUT2D eigenvalue weighted by molar-refractivity contribution is 5.13. The van der Waals surface area contributed by atoms with Crippen LogP contribution in [-0.4, -0.2) is 18.0 Å². The van der Waals surface area contributed by atoms with Crippen LogP contribution in [0.15, 0.2) is 12.2 Å². The maximum absolute atomic E-state index is 5.91. The summed E-state index contributed by atoms with van der Waals surface area (Å²) in [5, 5.41) is 0. The predicted octanol–water partition coefficient (Wildman–Crippen LogP) is 2.10. The Hall–Kier alpha value is -0.340. The molecule has 1 heterocycles. The standard InChI is InChI=1S/C11H16O2/c1-11(2)12-9-7-3-4-8(6-5-7)10(9)13-11/h3-4,7-10H,5-6H2,1-2H3/t7-,8+,9+,10-. The highest BCUT2D eigenvalue weighted by Crippen LogP contribution is 2.46. The van der Waals surface area contributed by atoms with Crippen LogP contribution in [0.5, 0.6) is 0 Å². The first kappa shape index (κ1) is 8.01. The van der Waals surface area contributed by atoms with Crippen molar-refractivity contribution in [3.05, 3.63) is 12.2 Å². The maximum atomic E-state index is 5.91. The van der Waals surface area contributed by atoms with Crippen LogP contribution in [0.3, 0.4) is 0 Å². The molecule has 0 aromatic rings. The van der Waals surface area contributed by atoms with Crippen molar-refractivity contribution in [1.82, 2.24) is 0 Å². The van der Waals surface area contributed by atoms with Crippen molar-refractivity contribution >= 4 is 0 Å². The lowest BCUT2D eigenvalue weighted by Gasteiger charge is -2.38. The third-order valence-electron chi connectivity index (χ3n) is 3.45. The summed E-state index contributed by atoms with van der Waals surface area (Å²) in [5.41, 5.74) is 0. The lowest BCUT2D eigenvalue weighted by atomic mass is 9.72. The molecular formula is C11H16O2. The Kier molecular flexibility index (Phi) is 1.46. The molecule has 1 saturated heterocycles. The Morgan fingerprint density at radius 2 is 1.46 bits per heavy atom. The molecule has 2 fully saturated rings. The lowest BCUT2D eigenvalue weighted by molar-refractivity contribution is -0.148. The van der Waals surface area contributed by atoms with Crippen LogP contribution in [-0.2, 0) is 9.47 Å². The molecule has 4 atom stereocenters. The summed E-state index contributed by atoms with van der Waals surface area (Å²) < 4.78 is 11.8. The molecule has 2 nitrogen and oxygen atoms in total. The fourth-order valence-corrected chi connectivity index (χ4v) is 2.89. The Morgan fingerprint density at radius 1 is 1.00 bits per heavy atom. The van der Waals surface area contributed by atoms with Crippen LogP contribution in [0.2, 0.25) is 0 Å². The molecule has 0 radical (unpaired) electrons. The molecule has 0 spiro atoms. The Labute approximate surface area is 78.9 Å². The molecule has 4 rings (SSSR count). The van der Waals surface area contributed by atoms with E-state index in [9.17, 15) is 0 Å². The average molecular weight is 180 g/mol. The monoisotopic (exact) mass is 180 g/mol. The molecule has 4 aliphatic rings. The first-order valence-electron chi connectivity index (χ1n) is 5.20. The second kappa shape index (κ2) is 2.37. The fraction of sp³-hybridized carbons (Fsp3) is 0.818. The molecule has 2 heteroatoms. The van der Waals surface area contributed by atoms with Crippen molar-refractivity contribution in [2.45, 2.75) is 44.7 Å². The highest BCUT2D eigenvalue weighted by atomic mass is 16.8. The van der Waals surface area contributed by atoms with Gasteiger partial charge in [-0.25, -0.2) is 0 Å². The van der Waals surface area contributed by atoms with Crippen molar-refractivity contribution < 1.29 is 9.47 Å². The summed E-state index contributed by atoms with van der Waals surface area (Å²) in [4.78, 5) is 0. The van der Waals surface area contributed by atoms with E-state index in [1.54, 1.807) is 0 Å². The summed E-state index contributed by atoms with van der Waals surface area (Å²) in [5.74, 6) is 0.857. The predicted molar refractivity (Wildman–Crippen MR) is 49.2 cm³/mol. The van der Waals surface area contributed by atoms with Gasteiger partial charge in [0.15, 0.2) is 5.79 Å². The van der Waals surface area contributed by atoms with E-state index in [0.29, 0.717) is 24.0 Å². The summed E-state index contributed by atoms with van der Waals surface area (Å²) in [6, 6.07) is 0. The largest absolute Gasteiger partial charge is 0.344 e. The first-order chi connectivity index (χ1) is 6.16. The van der Waals surface area contributed by atoms with Crippen LogP contribution >= 0.6 is 0 Å². The van der Waals surface area contributed by atoms with E-state index >= 15 is 0 Å². The number of rotatable bonds is 0. The summed E-state index contributed by atoms with van der Waals surface area (Å²) in [6.45, 7) is 4.04. The van der Waals surface area contributed by atoms with Gasteiger partial charge in [0.2, 0.25) is 0 Å². The molecule has 1 aliphatic heterocycles. The van der Waals surface area contributed by atoms with Crippen molar-refractivity contribution in [3.63, 3.8) is 0 Å². The minimum Gasteiger partial charge on any atom is -0.344 e. The molecular weight excluding hydrogens is 164 g/mol. The van der Waals surface area contributed by atoms with Gasteiger partial charge in [0, 0.05) is 11.8 Å². The molecule has 13 heavy (non-hydrogen) atoms. The Balaban J connectivity index is 1.92. The zero-order valence-corrected chi connectivity index (χ0v) is 8.19. The van der Waals surface area contributed by atoms with Crippen LogP contribution in [0.1, 0.15) is 26.7 Å². The highest BCUT2D eigenvalue weighted by Gasteiger charge is 2.51. The van der Waals surface area contributed by atoms with E-state index in [0.717, 1.165) is 0 Å². The summed E-state index contributed by atoms with van der Waals surface area (Å²) in [7, 11) is 0. The van der Waals surface area contributed by atoms with Gasteiger partial charge in [-0.15, -0.1) is 0 Å². The van der Waals surface area contributed by atoms with E-state index in [1.165, 1.54) is 12.8 Å². The number of hydrogen-bond acceptors (Lipinski definition) is 2. The summed E-state index contributed by atoms with van der Waals surface area (Å²) in [6.07, 6.45) is 7.86. The minimum absolute atomic E-state index is 0.332. The quantitative estimate of drug-likeness (QED) is 0.531. The van der Waals surface area contributed by atoms with Gasteiger partial charge in [-0.1, -0.05) is 12.2 Å². The fourth-order valence-electron chi connectivity index (χ4n) is 2.89. The van der Waals surface area contributed by atoms with Crippen molar-refractivity contribution in [2.75, 3.05) is 0 Å². The van der Waals surface area contributed by atoms with E-state index in [-0.39, 0.29) is 5.79 Å². The van der Waals surface area contributed by atoms with Gasteiger partial charge < -0.3 is 9.47 Å². The van der Waals surface area contributed by atoms with Gasteiger partial charge >= 0.3 is 0 Å². The molecule has 3 aliphatic carbocycles. The third-order valence-corrected chi connectivity index (χ3v) is 3.45. The van der Waals surface area contributed by atoms with Crippen molar-refractivity contribution in [2.24, 2.45) is 11.8 Å². The Morgan fingerprint density at radius 3 is 1.85 bits per heavy atom. The second-order valence-corrected chi connectivity index (χ2v) is 4.85. The van der Waals surface area contributed by atoms with Crippen LogP contribution in [0.4, 0.5) is 0 Å². The summed E-state index contributed by atoms with van der Waals surface area (Å²) >= 11 is 0. The van der Waals surface area contributed by atoms with Gasteiger partial charge in [0.05, 0.1) is 12.2 Å². The van der Waals surface area contributed by atoms with Gasteiger partial charge in [-0.3, -0.25) is 0 Å².